The lowest BCUT2D eigenvalue weighted by Crippen LogP contribution is -2.24. The second-order valence-electron chi connectivity index (χ2n) is 7.34. The van der Waals surface area contributed by atoms with E-state index in [1.54, 1.807) is 24.0 Å². The molecule has 5 rings (SSSR count). The molecule has 4 heterocycles. The summed E-state index contributed by atoms with van der Waals surface area (Å²) in [6.07, 6.45) is 6.44. The quantitative estimate of drug-likeness (QED) is 0.530. The Morgan fingerprint density at radius 2 is 2.13 bits per heavy atom. The highest BCUT2D eigenvalue weighted by Crippen LogP contribution is 2.25. The monoisotopic (exact) mass is 429 g/mol. The molecule has 8 nitrogen and oxygen atoms in total. The first-order valence-electron chi connectivity index (χ1n) is 9.84. The van der Waals surface area contributed by atoms with E-state index in [1.165, 1.54) is 16.9 Å². The first kappa shape index (κ1) is 19.4. The number of aromatic nitrogens is 5. The van der Waals surface area contributed by atoms with Crippen LogP contribution in [-0.4, -0.2) is 56.1 Å². The third kappa shape index (κ3) is 4.18. The summed E-state index contributed by atoms with van der Waals surface area (Å²) in [7, 11) is 2.09. The fourth-order valence-electron chi connectivity index (χ4n) is 3.44. The topological polar surface area (TPSA) is 96.8 Å². The maximum absolute atomic E-state index is 12.8. The molecule has 0 saturated carbocycles. The predicted octanol–water partition coefficient (Wildman–Crippen LogP) is 3.51. The number of carbonyl (C=O) groups is 1. The SMILES string of the molecule is CN1CC=C(c2cc(C(=O)Nc3ncc4ccc(-c5nncs5)cc4n3)ccn2)CC1. The Balaban J connectivity index is 1.38. The van der Waals surface area contributed by atoms with E-state index in [0.29, 0.717) is 5.56 Å². The Bertz CT molecular complexity index is 1290. The van der Waals surface area contributed by atoms with E-state index >= 15 is 0 Å². The second kappa shape index (κ2) is 8.29. The zero-order valence-electron chi connectivity index (χ0n) is 16.8. The zero-order chi connectivity index (χ0) is 21.2. The molecule has 1 aromatic carbocycles. The summed E-state index contributed by atoms with van der Waals surface area (Å²) >= 11 is 1.46. The van der Waals surface area contributed by atoms with Gasteiger partial charge in [-0.15, -0.1) is 10.2 Å². The van der Waals surface area contributed by atoms with Crippen molar-refractivity contribution in [2.75, 3.05) is 25.5 Å². The van der Waals surface area contributed by atoms with Gasteiger partial charge in [-0.1, -0.05) is 29.5 Å². The first-order valence-corrected chi connectivity index (χ1v) is 10.7. The van der Waals surface area contributed by atoms with Gasteiger partial charge in [-0.05, 0) is 37.2 Å². The van der Waals surface area contributed by atoms with Crippen LogP contribution in [-0.2, 0) is 0 Å². The van der Waals surface area contributed by atoms with Crippen LogP contribution < -0.4 is 5.32 Å². The van der Waals surface area contributed by atoms with E-state index in [-0.39, 0.29) is 11.9 Å². The number of nitrogens with zero attached hydrogens (tertiary/aromatic N) is 6. The van der Waals surface area contributed by atoms with Crippen molar-refractivity contribution in [2.45, 2.75) is 6.42 Å². The van der Waals surface area contributed by atoms with Gasteiger partial charge in [0.25, 0.3) is 5.91 Å². The number of anilines is 1. The number of likely N-dealkylation sites (N-methyl/N-ethyl adjacent to an activating group) is 1. The van der Waals surface area contributed by atoms with E-state index < -0.39 is 0 Å². The van der Waals surface area contributed by atoms with Crippen molar-refractivity contribution in [1.82, 2.24) is 30.0 Å². The fourth-order valence-corrected chi connectivity index (χ4v) is 3.99. The molecule has 3 aromatic heterocycles. The fraction of sp³-hybridized carbons (Fsp3) is 0.182. The van der Waals surface area contributed by atoms with Crippen LogP contribution in [0, 0.1) is 0 Å². The molecule has 0 unspecified atom stereocenters. The van der Waals surface area contributed by atoms with Gasteiger partial charge in [0.05, 0.1) is 11.2 Å². The maximum atomic E-state index is 12.8. The highest BCUT2D eigenvalue weighted by molar-refractivity contribution is 7.12. The molecule has 0 atom stereocenters. The summed E-state index contributed by atoms with van der Waals surface area (Å²) < 4.78 is 0. The molecule has 0 saturated heterocycles. The minimum atomic E-state index is -0.267. The molecule has 154 valence electrons. The molecule has 31 heavy (non-hydrogen) atoms. The predicted molar refractivity (Wildman–Crippen MR) is 121 cm³/mol. The Morgan fingerprint density at radius 3 is 2.94 bits per heavy atom. The van der Waals surface area contributed by atoms with Crippen LogP contribution >= 0.6 is 11.3 Å². The van der Waals surface area contributed by atoms with Gasteiger partial charge in [0.1, 0.15) is 10.5 Å². The molecule has 1 N–H and O–H groups in total. The molecule has 0 aliphatic carbocycles. The molecule has 0 spiro atoms. The van der Waals surface area contributed by atoms with E-state index in [2.05, 4.69) is 48.5 Å². The van der Waals surface area contributed by atoms with Crippen molar-refractivity contribution in [3.8, 4) is 10.6 Å². The minimum absolute atomic E-state index is 0.254. The third-order valence-corrected chi connectivity index (χ3v) is 5.92. The van der Waals surface area contributed by atoms with Crippen LogP contribution in [0.1, 0.15) is 22.5 Å². The lowest BCUT2D eigenvalue weighted by Gasteiger charge is -2.21. The van der Waals surface area contributed by atoms with Crippen molar-refractivity contribution < 1.29 is 4.79 Å². The largest absolute Gasteiger partial charge is 0.302 e. The Morgan fingerprint density at radius 1 is 1.19 bits per heavy atom. The summed E-state index contributed by atoms with van der Waals surface area (Å²) in [6.45, 7) is 1.87. The van der Waals surface area contributed by atoms with Crippen LogP contribution in [0.3, 0.4) is 0 Å². The molecule has 0 fully saturated rings. The standard InChI is InChI=1S/C22H19N7OS/c1-29-8-5-14(6-9-29)18-10-15(4-7-23-18)20(30)27-22-24-12-17-3-2-16(11-19(17)26-22)21-28-25-13-31-21/h2-5,7,10-13H,6,8-9H2,1H3,(H,24,26,27,30). The number of rotatable bonds is 4. The van der Waals surface area contributed by atoms with Crippen LogP contribution in [0.25, 0.3) is 27.0 Å². The van der Waals surface area contributed by atoms with E-state index in [0.717, 1.165) is 46.7 Å². The minimum Gasteiger partial charge on any atom is -0.302 e. The van der Waals surface area contributed by atoms with Gasteiger partial charge in [-0.2, -0.15) is 0 Å². The van der Waals surface area contributed by atoms with Gasteiger partial charge >= 0.3 is 0 Å². The van der Waals surface area contributed by atoms with Gasteiger partial charge in [0, 0.05) is 42.0 Å². The van der Waals surface area contributed by atoms with Gasteiger partial charge in [0.2, 0.25) is 5.95 Å². The number of benzene rings is 1. The van der Waals surface area contributed by atoms with Crippen LogP contribution in [0.4, 0.5) is 5.95 Å². The van der Waals surface area contributed by atoms with Crippen molar-refractivity contribution in [1.29, 1.82) is 0 Å². The molecule has 9 heteroatoms. The summed E-state index contributed by atoms with van der Waals surface area (Å²) in [5.74, 6) is -0.0133. The zero-order valence-corrected chi connectivity index (χ0v) is 17.6. The molecule has 4 aromatic rings. The van der Waals surface area contributed by atoms with Crippen molar-refractivity contribution in [2.24, 2.45) is 0 Å². The van der Waals surface area contributed by atoms with Crippen molar-refractivity contribution in [3.63, 3.8) is 0 Å². The molecule has 0 bridgehead atoms. The normalized spacial score (nSPS) is 14.4. The highest BCUT2D eigenvalue weighted by atomic mass is 32.1. The Kier molecular flexibility index (Phi) is 5.19. The van der Waals surface area contributed by atoms with E-state index in [4.69, 9.17) is 0 Å². The third-order valence-electron chi connectivity index (χ3n) is 5.18. The summed E-state index contributed by atoms with van der Waals surface area (Å²) in [4.78, 5) is 28.3. The van der Waals surface area contributed by atoms with Crippen LogP contribution in [0.2, 0.25) is 0 Å². The number of hydrogen-bond acceptors (Lipinski definition) is 8. The van der Waals surface area contributed by atoms with Gasteiger partial charge in [-0.3, -0.25) is 15.1 Å². The first-order chi connectivity index (χ1) is 15.2. The van der Waals surface area contributed by atoms with Crippen molar-refractivity contribution >= 4 is 39.7 Å². The van der Waals surface area contributed by atoms with Crippen LogP contribution in [0.15, 0.2) is 54.3 Å². The molecule has 0 radical (unpaired) electrons. The smallest absolute Gasteiger partial charge is 0.258 e. The number of hydrogen-bond donors (Lipinski definition) is 1. The molecular weight excluding hydrogens is 410 g/mol. The Hall–Kier alpha value is -3.56. The van der Waals surface area contributed by atoms with Crippen LogP contribution in [0.5, 0.6) is 0 Å². The second-order valence-corrected chi connectivity index (χ2v) is 8.17. The van der Waals surface area contributed by atoms with E-state index in [9.17, 15) is 4.79 Å². The van der Waals surface area contributed by atoms with E-state index in [1.807, 2.05) is 24.3 Å². The summed E-state index contributed by atoms with van der Waals surface area (Å²) in [5, 5.41) is 12.5. The van der Waals surface area contributed by atoms with Gasteiger partial charge < -0.3 is 4.90 Å². The number of carbonyl (C=O) groups excluding carboxylic acids is 1. The summed E-state index contributed by atoms with van der Waals surface area (Å²) in [5.41, 5.74) is 5.87. The van der Waals surface area contributed by atoms with Gasteiger partial charge in [-0.25, -0.2) is 9.97 Å². The lowest BCUT2D eigenvalue weighted by atomic mass is 10.0. The molecule has 1 aliphatic rings. The maximum Gasteiger partial charge on any atom is 0.258 e. The lowest BCUT2D eigenvalue weighted by molar-refractivity contribution is 0.102. The number of amides is 1. The average molecular weight is 430 g/mol. The summed E-state index contributed by atoms with van der Waals surface area (Å²) in [6, 6.07) is 9.33. The number of nitrogens with one attached hydrogen (secondary N) is 1. The highest BCUT2D eigenvalue weighted by Gasteiger charge is 2.14. The van der Waals surface area contributed by atoms with Crippen molar-refractivity contribution in [3.05, 3.63) is 65.6 Å². The molecule has 1 amide bonds. The average Bonchev–Trinajstić information content (AvgIpc) is 3.34. The molecule has 1 aliphatic heterocycles. The number of pyridine rings is 1. The van der Waals surface area contributed by atoms with Gasteiger partial charge in [0.15, 0.2) is 0 Å². The Labute approximate surface area is 182 Å². The molecular formula is C22H19N7OS. The number of fused-ring (bicyclic) bond motifs is 1.